The highest BCUT2D eigenvalue weighted by atomic mass is 16.1. The molecule has 0 radical (unpaired) electrons. The van der Waals surface area contributed by atoms with Crippen LogP contribution in [-0.2, 0) is 0 Å². The number of allylic oxidation sites excluding steroid dienone is 2. The molecule has 0 spiro atoms. The van der Waals surface area contributed by atoms with Gasteiger partial charge >= 0.3 is 0 Å². The van der Waals surface area contributed by atoms with Gasteiger partial charge in [0.1, 0.15) is 0 Å². The maximum Gasteiger partial charge on any atom is 0.167 e. The van der Waals surface area contributed by atoms with Crippen LogP contribution in [0.25, 0.3) is 0 Å². The van der Waals surface area contributed by atoms with Crippen molar-refractivity contribution in [2.45, 2.75) is 20.3 Å². The van der Waals surface area contributed by atoms with Crippen molar-refractivity contribution >= 4 is 11.6 Å². The normalized spacial score (nSPS) is 30.6. The molecule has 1 aromatic carbocycles. The third-order valence-electron chi connectivity index (χ3n) is 4.19. The summed E-state index contributed by atoms with van der Waals surface area (Å²) >= 11 is 0. The van der Waals surface area contributed by atoms with E-state index in [2.05, 4.69) is 6.08 Å². The Kier molecular flexibility index (Phi) is 2.47. The molecule has 3 unspecified atom stereocenters. The summed E-state index contributed by atoms with van der Waals surface area (Å²) in [4.78, 5) is 25.0. The monoisotopic (exact) mass is 240 g/mol. The first-order valence-corrected chi connectivity index (χ1v) is 6.44. The molecular weight excluding hydrogens is 224 g/mol. The van der Waals surface area contributed by atoms with Gasteiger partial charge in [-0.3, -0.25) is 9.59 Å². The number of benzene rings is 1. The van der Waals surface area contributed by atoms with Crippen LogP contribution in [0.4, 0.5) is 0 Å². The molecule has 1 aromatic rings. The summed E-state index contributed by atoms with van der Waals surface area (Å²) in [5.41, 5.74) is 2.46. The Balaban J connectivity index is 2.15. The lowest BCUT2D eigenvalue weighted by Crippen LogP contribution is -2.41. The van der Waals surface area contributed by atoms with E-state index in [1.54, 1.807) is 12.1 Å². The average molecular weight is 240 g/mol. The Hall–Kier alpha value is -1.70. The van der Waals surface area contributed by atoms with Crippen molar-refractivity contribution in [2.75, 3.05) is 0 Å². The lowest BCUT2D eigenvalue weighted by atomic mass is 9.64. The molecule has 2 heteroatoms. The zero-order valence-electron chi connectivity index (χ0n) is 10.6. The second-order valence-electron chi connectivity index (χ2n) is 5.48. The standard InChI is InChI=1S/C16H16O2/c1-9-7-10(2)14-13(8-9)15(17)11-5-3-4-6-12(11)16(14)18/h3-7,10,13-14H,8H2,1-2H3. The van der Waals surface area contributed by atoms with Gasteiger partial charge in [-0.1, -0.05) is 42.8 Å². The Morgan fingerprint density at radius 3 is 2.33 bits per heavy atom. The summed E-state index contributed by atoms with van der Waals surface area (Å²) in [6.07, 6.45) is 2.87. The van der Waals surface area contributed by atoms with E-state index < -0.39 is 0 Å². The van der Waals surface area contributed by atoms with Gasteiger partial charge in [0.05, 0.1) is 0 Å². The van der Waals surface area contributed by atoms with Gasteiger partial charge in [-0.15, -0.1) is 0 Å². The van der Waals surface area contributed by atoms with Gasteiger partial charge < -0.3 is 0 Å². The van der Waals surface area contributed by atoms with Crippen LogP contribution in [0.2, 0.25) is 0 Å². The molecule has 0 bridgehead atoms. The first-order chi connectivity index (χ1) is 8.59. The molecule has 0 saturated carbocycles. The van der Waals surface area contributed by atoms with E-state index in [-0.39, 0.29) is 29.3 Å². The van der Waals surface area contributed by atoms with Gasteiger partial charge in [-0.2, -0.15) is 0 Å². The third-order valence-corrected chi connectivity index (χ3v) is 4.19. The molecular formula is C16H16O2. The average Bonchev–Trinajstić information content (AvgIpc) is 2.35. The quantitative estimate of drug-likeness (QED) is 0.652. The summed E-state index contributed by atoms with van der Waals surface area (Å²) in [5.74, 6) is 0.151. The zero-order valence-corrected chi connectivity index (χ0v) is 10.6. The molecule has 3 atom stereocenters. The van der Waals surface area contributed by atoms with Crippen LogP contribution in [0, 0.1) is 17.8 Å². The van der Waals surface area contributed by atoms with Crippen molar-refractivity contribution in [1.29, 1.82) is 0 Å². The number of carbonyl (C=O) groups excluding carboxylic acids is 2. The van der Waals surface area contributed by atoms with Crippen molar-refractivity contribution in [1.82, 2.24) is 0 Å². The van der Waals surface area contributed by atoms with E-state index in [4.69, 9.17) is 0 Å². The molecule has 0 aliphatic heterocycles. The molecule has 0 fully saturated rings. The Morgan fingerprint density at radius 1 is 1.06 bits per heavy atom. The first-order valence-electron chi connectivity index (χ1n) is 6.44. The number of ketones is 2. The Morgan fingerprint density at radius 2 is 1.67 bits per heavy atom. The summed E-state index contributed by atoms with van der Waals surface area (Å²) < 4.78 is 0. The van der Waals surface area contributed by atoms with Gasteiger partial charge in [-0.25, -0.2) is 0 Å². The van der Waals surface area contributed by atoms with Gasteiger partial charge in [-0.05, 0) is 19.3 Å². The fourth-order valence-electron chi connectivity index (χ4n) is 3.43. The van der Waals surface area contributed by atoms with Crippen LogP contribution in [0.3, 0.4) is 0 Å². The topological polar surface area (TPSA) is 34.1 Å². The van der Waals surface area contributed by atoms with Crippen molar-refractivity contribution in [3.8, 4) is 0 Å². The fraction of sp³-hybridized carbons (Fsp3) is 0.375. The van der Waals surface area contributed by atoms with Crippen LogP contribution in [0.1, 0.15) is 41.0 Å². The molecule has 0 aromatic heterocycles. The molecule has 18 heavy (non-hydrogen) atoms. The van der Waals surface area contributed by atoms with E-state index >= 15 is 0 Å². The number of fused-ring (bicyclic) bond motifs is 2. The highest BCUT2D eigenvalue weighted by Crippen LogP contribution is 2.41. The second kappa shape index (κ2) is 3.91. The number of rotatable bonds is 0. The summed E-state index contributed by atoms with van der Waals surface area (Å²) in [6, 6.07) is 7.23. The van der Waals surface area contributed by atoms with Gasteiger partial charge in [0, 0.05) is 23.0 Å². The minimum Gasteiger partial charge on any atom is -0.294 e. The predicted molar refractivity (Wildman–Crippen MR) is 69.6 cm³/mol. The molecule has 2 nitrogen and oxygen atoms in total. The van der Waals surface area contributed by atoms with E-state index in [1.165, 1.54) is 5.57 Å². The third kappa shape index (κ3) is 1.48. The molecule has 2 aliphatic carbocycles. The van der Waals surface area contributed by atoms with Crippen LogP contribution in [-0.4, -0.2) is 11.6 Å². The lowest BCUT2D eigenvalue weighted by molar-refractivity contribution is 0.0683. The van der Waals surface area contributed by atoms with E-state index in [0.717, 1.165) is 6.42 Å². The minimum atomic E-state index is -0.156. The molecule has 0 N–H and O–H groups in total. The Bertz CT molecular complexity index is 568. The summed E-state index contributed by atoms with van der Waals surface area (Å²) in [5, 5.41) is 0. The van der Waals surface area contributed by atoms with Crippen molar-refractivity contribution in [2.24, 2.45) is 17.8 Å². The number of carbonyl (C=O) groups is 2. The van der Waals surface area contributed by atoms with E-state index in [1.807, 2.05) is 26.0 Å². The van der Waals surface area contributed by atoms with E-state index in [0.29, 0.717) is 11.1 Å². The van der Waals surface area contributed by atoms with Gasteiger partial charge in [0.2, 0.25) is 0 Å². The predicted octanol–water partition coefficient (Wildman–Crippen LogP) is 3.28. The molecule has 2 aliphatic rings. The fourth-order valence-corrected chi connectivity index (χ4v) is 3.43. The molecule has 0 amide bonds. The first kappa shape index (κ1) is 11.4. The minimum absolute atomic E-state index is 0.145. The highest BCUT2D eigenvalue weighted by molar-refractivity contribution is 6.16. The molecule has 92 valence electrons. The van der Waals surface area contributed by atoms with Gasteiger partial charge in [0.15, 0.2) is 11.6 Å². The van der Waals surface area contributed by atoms with Crippen LogP contribution in [0.5, 0.6) is 0 Å². The number of Topliss-reactive ketones (excluding diaryl/α,β-unsaturated/α-hetero) is 2. The summed E-state index contributed by atoms with van der Waals surface area (Å²) in [7, 11) is 0. The van der Waals surface area contributed by atoms with Crippen molar-refractivity contribution < 1.29 is 9.59 Å². The van der Waals surface area contributed by atoms with Crippen LogP contribution < -0.4 is 0 Å². The van der Waals surface area contributed by atoms with Gasteiger partial charge in [0.25, 0.3) is 0 Å². The highest BCUT2D eigenvalue weighted by Gasteiger charge is 2.44. The zero-order chi connectivity index (χ0) is 12.9. The smallest absolute Gasteiger partial charge is 0.167 e. The number of hydrogen-bond acceptors (Lipinski definition) is 2. The maximum atomic E-state index is 12.5. The van der Waals surface area contributed by atoms with E-state index in [9.17, 15) is 9.59 Å². The molecule has 0 heterocycles. The lowest BCUT2D eigenvalue weighted by Gasteiger charge is -2.37. The van der Waals surface area contributed by atoms with Crippen molar-refractivity contribution in [3.05, 3.63) is 47.0 Å². The largest absolute Gasteiger partial charge is 0.294 e. The van der Waals surface area contributed by atoms with Crippen molar-refractivity contribution in [3.63, 3.8) is 0 Å². The SMILES string of the molecule is CC1=CC(C)C2C(=O)c3ccccc3C(=O)C2C1. The second-order valence-corrected chi connectivity index (χ2v) is 5.48. The number of hydrogen-bond donors (Lipinski definition) is 0. The Labute approximate surface area is 107 Å². The van der Waals surface area contributed by atoms with Crippen LogP contribution >= 0.6 is 0 Å². The molecule has 3 rings (SSSR count). The molecule has 0 saturated heterocycles. The summed E-state index contributed by atoms with van der Waals surface area (Å²) in [6.45, 7) is 4.09. The van der Waals surface area contributed by atoms with Crippen LogP contribution in [0.15, 0.2) is 35.9 Å². The maximum absolute atomic E-state index is 12.5.